The number of ether oxygens (including phenoxy) is 1. The summed E-state index contributed by atoms with van der Waals surface area (Å²) in [7, 11) is 0. The van der Waals surface area contributed by atoms with Gasteiger partial charge in [0.1, 0.15) is 17.4 Å². The molecule has 0 saturated carbocycles. The third-order valence-electron chi connectivity index (χ3n) is 6.10. The molecular weight excluding hydrogens is 478 g/mol. The van der Waals surface area contributed by atoms with Crippen LogP contribution in [0, 0.1) is 11.6 Å². The third-order valence-corrected chi connectivity index (χ3v) is 6.10. The minimum absolute atomic E-state index is 0.0193. The second kappa shape index (κ2) is 10.6. The molecule has 7 nitrogen and oxygen atoms in total. The molecule has 37 heavy (non-hydrogen) atoms. The number of carbonyl (C=O) groups excluding carboxylic acids is 1. The fourth-order valence-electron chi connectivity index (χ4n) is 4.15. The fourth-order valence-corrected chi connectivity index (χ4v) is 4.15. The van der Waals surface area contributed by atoms with E-state index in [0.717, 1.165) is 37.0 Å². The van der Waals surface area contributed by atoms with Crippen LogP contribution in [0.3, 0.4) is 0 Å². The van der Waals surface area contributed by atoms with Crippen LogP contribution in [0.25, 0.3) is 5.69 Å². The van der Waals surface area contributed by atoms with Gasteiger partial charge in [0.2, 0.25) is 0 Å². The highest BCUT2D eigenvalue weighted by molar-refractivity contribution is 5.94. The number of benzene rings is 3. The quantitative estimate of drug-likeness (QED) is 0.368. The summed E-state index contributed by atoms with van der Waals surface area (Å²) in [5, 5.41) is 7.24. The Morgan fingerprint density at radius 1 is 0.838 bits per heavy atom. The number of nitrogens with zero attached hydrogens (tertiary/aromatic N) is 3. The van der Waals surface area contributed by atoms with Crippen molar-refractivity contribution in [2.45, 2.75) is 19.3 Å². The monoisotopic (exact) mass is 502 g/mol. The molecule has 3 aromatic carbocycles. The highest BCUT2D eigenvalue weighted by Gasteiger charge is 2.19. The van der Waals surface area contributed by atoms with Crippen LogP contribution in [0.2, 0.25) is 0 Å². The average molecular weight is 503 g/mol. The molecule has 1 aliphatic heterocycles. The summed E-state index contributed by atoms with van der Waals surface area (Å²) >= 11 is 0. The molecule has 1 fully saturated rings. The van der Waals surface area contributed by atoms with Crippen molar-refractivity contribution in [2.24, 2.45) is 0 Å². The van der Waals surface area contributed by atoms with Crippen LogP contribution < -0.4 is 15.6 Å². The zero-order valence-corrected chi connectivity index (χ0v) is 19.9. The molecule has 1 amide bonds. The average Bonchev–Trinajstić information content (AvgIpc) is 2.93. The largest absolute Gasteiger partial charge is 0.453 e. The molecule has 2 heterocycles. The molecule has 0 bridgehead atoms. The Kier molecular flexibility index (Phi) is 6.93. The van der Waals surface area contributed by atoms with E-state index in [1.807, 2.05) is 4.90 Å². The Balaban J connectivity index is 1.47. The summed E-state index contributed by atoms with van der Waals surface area (Å²) in [4.78, 5) is 28.1. The zero-order valence-electron chi connectivity index (χ0n) is 19.9. The van der Waals surface area contributed by atoms with E-state index >= 15 is 0 Å². The van der Waals surface area contributed by atoms with Crippen molar-refractivity contribution >= 4 is 17.3 Å². The minimum Gasteiger partial charge on any atom is -0.453 e. The lowest BCUT2D eigenvalue weighted by atomic mass is 10.1. The van der Waals surface area contributed by atoms with Crippen molar-refractivity contribution in [1.82, 2.24) is 14.7 Å². The van der Waals surface area contributed by atoms with Gasteiger partial charge in [-0.15, -0.1) is 0 Å². The smallest absolute Gasteiger partial charge is 0.299 e. The predicted molar refractivity (Wildman–Crippen MR) is 136 cm³/mol. The molecule has 1 saturated heterocycles. The Morgan fingerprint density at radius 2 is 1.46 bits per heavy atom. The van der Waals surface area contributed by atoms with E-state index < -0.39 is 17.2 Å². The summed E-state index contributed by atoms with van der Waals surface area (Å²) in [5.41, 5.74) is 1.01. The van der Waals surface area contributed by atoms with Gasteiger partial charge < -0.3 is 15.0 Å². The van der Waals surface area contributed by atoms with Gasteiger partial charge in [-0.05, 0) is 92.1 Å². The van der Waals surface area contributed by atoms with E-state index in [-0.39, 0.29) is 17.3 Å². The Labute approximate surface area is 211 Å². The highest BCUT2D eigenvalue weighted by Crippen LogP contribution is 2.29. The first-order valence-corrected chi connectivity index (χ1v) is 12.0. The van der Waals surface area contributed by atoms with Gasteiger partial charge in [0.25, 0.3) is 11.5 Å². The summed E-state index contributed by atoms with van der Waals surface area (Å²) < 4.78 is 33.7. The van der Waals surface area contributed by atoms with Crippen molar-refractivity contribution in [2.75, 3.05) is 18.4 Å². The molecule has 0 spiro atoms. The zero-order chi connectivity index (χ0) is 25.8. The topological polar surface area (TPSA) is 76.5 Å². The van der Waals surface area contributed by atoms with Crippen LogP contribution in [0.1, 0.15) is 29.6 Å². The summed E-state index contributed by atoms with van der Waals surface area (Å²) in [6, 6.07) is 17.5. The molecule has 0 unspecified atom stereocenters. The molecular formula is C28H24F2N4O3. The predicted octanol–water partition coefficient (Wildman–Crippen LogP) is 5.67. The van der Waals surface area contributed by atoms with Crippen LogP contribution in [-0.4, -0.2) is 33.7 Å². The minimum atomic E-state index is -0.542. The molecule has 4 aromatic rings. The number of aromatic nitrogens is 2. The second-order valence-corrected chi connectivity index (χ2v) is 8.69. The second-order valence-electron chi connectivity index (χ2n) is 8.69. The number of rotatable bonds is 6. The van der Waals surface area contributed by atoms with Gasteiger partial charge in [-0.1, -0.05) is 0 Å². The normalized spacial score (nSPS) is 13.3. The van der Waals surface area contributed by atoms with Gasteiger partial charge in [-0.3, -0.25) is 9.59 Å². The van der Waals surface area contributed by atoms with Crippen LogP contribution in [0.15, 0.2) is 83.8 Å². The summed E-state index contributed by atoms with van der Waals surface area (Å²) in [6.07, 6.45) is 4.50. The van der Waals surface area contributed by atoms with Gasteiger partial charge in [-0.2, -0.15) is 9.78 Å². The number of nitrogens with one attached hydrogen (secondary N) is 1. The van der Waals surface area contributed by atoms with E-state index in [1.165, 1.54) is 54.7 Å². The number of likely N-dealkylation sites (tertiary alicyclic amines) is 1. The molecule has 0 radical (unpaired) electrons. The molecule has 1 aromatic heterocycles. The number of hydrogen-bond acceptors (Lipinski definition) is 5. The Morgan fingerprint density at radius 3 is 2.11 bits per heavy atom. The van der Waals surface area contributed by atoms with Crippen molar-refractivity contribution in [3.05, 3.63) is 107 Å². The number of piperidine rings is 1. The van der Waals surface area contributed by atoms with E-state index in [2.05, 4.69) is 10.4 Å². The van der Waals surface area contributed by atoms with E-state index in [4.69, 9.17) is 4.74 Å². The number of halogens is 2. The first-order valence-electron chi connectivity index (χ1n) is 12.0. The van der Waals surface area contributed by atoms with Crippen LogP contribution >= 0.6 is 0 Å². The van der Waals surface area contributed by atoms with Gasteiger partial charge in [-0.25, -0.2) is 8.78 Å². The van der Waals surface area contributed by atoms with E-state index in [9.17, 15) is 18.4 Å². The van der Waals surface area contributed by atoms with Crippen LogP contribution in [0.4, 0.5) is 20.2 Å². The maximum absolute atomic E-state index is 13.4. The maximum Gasteiger partial charge on any atom is 0.299 e. The molecule has 5 rings (SSSR count). The first kappa shape index (κ1) is 24.2. The van der Waals surface area contributed by atoms with E-state index in [1.54, 1.807) is 24.3 Å². The third kappa shape index (κ3) is 5.50. The maximum atomic E-state index is 13.4. The van der Waals surface area contributed by atoms with Crippen molar-refractivity contribution in [3.63, 3.8) is 0 Å². The van der Waals surface area contributed by atoms with Crippen molar-refractivity contribution in [3.8, 4) is 17.2 Å². The van der Waals surface area contributed by atoms with Crippen LogP contribution in [0.5, 0.6) is 11.5 Å². The molecule has 1 aliphatic rings. The Hall–Kier alpha value is -4.53. The standard InChI is InChI=1S/C28H24F2N4O3/c29-20-6-12-23(13-7-20)34-28(36)26(25(18-31-34)37-24-14-8-21(30)9-15-24)32-22-10-4-19(5-11-22)27(35)33-16-2-1-3-17-33/h4-15,18,32H,1-3,16-17H2. The first-order chi connectivity index (χ1) is 18.0. The van der Waals surface area contributed by atoms with Crippen molar-refractivity contribution < 1.29 is 18.3 Å². The van der Waals surface area contributed by atoms with Crippen LogP contribution in [-0.2, 0) is 0 Å². The lowest BCUT2D eigenvalue weighted by molar-refractivity contribution is 0.0724. The molecule has 188 valence electrons. The number of carbonyl (C=O) groups is 1. The van der Waals surface area contributed by atoms with E-state index in [0.29, 0.717) is 22.7 Å². The van der Waals surface area contributed by atoms with Gasteiger partial charge in [0, 0.05) is 24.3 Å². The van der Waals surface area contributed by atoms with Gasteiger partial charge >= 0.3 is 0 Å². The SMILES string of the molecule is O=C(c1ccc(Nc2c(Oc3ccc(F)cc3)cnn(-c3ccc(F)cc3)c2=O)cc1)N1CCCCC1. The highest BCUT2D eigenvalue weighted by atomic mass is 19.1. The number of anilines is 2. The molecule has 1 N–H and O–H groups in total. The number of amides is 1. The molecule has 0 aliphatic carbocycles. The lowest BCUT2D eigenvalue weighted by Crippen LogP contribution is -2.35. The number of hydrogen-bond donors (Lipinski definition) is 1. The van der Waals surface area contributed by atoms with Gasteiger partial charge in [0.15, 0.2) is 11.4 Å². The molecule has 9 heteroatoms. The van der Waals surface area contributed by atoms with Crippen molar-refractivity contribution in [1.29, 1.82) is 0 Å². The summed E-state index contributed by atoms with van der Waals surface area (Å²) in [6.45, 7) is 1.51. The fraction of sp³-hybridized carbons (Fsp3) is 0.179. The van der Waals surface area contributed by atoms with Gasteiger partial charge in [0.05, 0.1) is 11.9 Å². The Bertz CT molecular complexity index is 1450. The molecule has 0 atom stereocenters. The lowest BCUT2D eigenvalue weighted by Gasteiger charge is -2.26. The summed E-state index contributed by atoms with van der Waals surface area (Å²) in [5.74, 6) is -0.453.